The maximum atomic E-state index is 12.9. The minimum atomic E-state index is -0.558. The van der Waals surface area contributed by atoms with E-state index in [-0.39, 0.29) is 18.2 Å². The molecule has 34 heavy (non-hydrogen) atoms. The first kappa shape index (κ1) is 25.0. The van der Waals surface area contributed by atoms with Crippen molar-refractivity contribution in [2.75, 3.05) is 45.1 Å². The van der Waals surface area contributed by atoms with E-state index in [2.05, 4.69) is 29.5 Å². The monoisotopic (exact) mass is 468 g/mol. The summed E-state index contributed by atoms with van der Waals surface area (Å²) in [6.45, 7) is 5.30. The van der Waals surface area contributed by atoms with Gasteiger partial charge >= 0.3 is 5.97 Å². The molecule has 0 aliphatic heterocycles. The number of ether oxygens (including phenoxy) is 3. The third kappa shape index (κ3) is 5.85. The third-order valence-corrected chi connectivity index (χ3v) is 5.31. The van der Waals surface area contributed by atoms with Crippen molar-refractivity contribution in [1.29, 1.82) is 0 Å². The molecular weight excluding hydrogens is 436 g/mol. The number of benzene rings is 1. The van der Waals surface area contributed by atoms with Crippen LogP contribution >= 0.6 is 0 Å². The topological polar surface area (TPSA) is 104 Å². The summed E-state index contributed by atoms with van der Waals surface area (Å²) >= 11 is 0. The van der Waals surface area contributed by atoms with Gasteiger partial charge in [-0.3, -0.25) is 4.79 Å². The summed E-state index contributed by atoms with van der Waals surface area (Å²) in [5, 5.41) is 6.82. The van der Waals surface area contributed by atoms with Gasteiger partial charge in [-0.2, -0.15) is 0 Å². The van der Waals surface area contributed by atoms with Crippen LogP contribution in [0.1, 0.15) is 29.9 Å². The van der Waals surface area contributed by atoms with Crippen molar-refractivity contribution >= 4 is 34.3 Å². The average molecular weight is 469 g/mol. The minimum Gasteiger partial charge on any atom is -0.497 e. The number of hydrogen-bond acceptors (Lipinski definition) is 7. The van der Waals surface area contributed by atoms with Crippen molar-refractivity contribution in [3.63, 3.8) is 0 Å². The first-order valence-corrected chi connectivity index (χ1v) is 11.1. The van der Waals surface area contributed by atoms with Crippen molar-refractivity contribution in [2.24, 2.45) is 5.92 Å². The molecule has 0 fully saturated rings. The molecule has 3 aromatic rings. The summed E-state index contributed by atoms with van der Waals surface area (Å²) in [6, 6.07) is 9.64. The van der Waals surface area contributed by atoms with Crippen LogP contribution in [-0.4, -0.2) is 55.9 Å². The smallest absolute Gasteiger partial charge is 0.356 e. The number of nitrogens with one attached hydrogen (secondary N) is 2. The number of carbonyl (C=O) groups excluding carboxylic acids is 2. The van der Waals surface area contributed by atoms with Crippen molar-refractivity contribution in [3.05, 3.63) is 47.8 Å². The number of methoxy groups -OCH3 is 3. The van der Waals surface area contributed by atoms with Gasteiger partial charge in [-0.25, -0.2) is 9.78 Å². The highest BCUT2D eigenvalue weighted by atomic mass is 16.5. The van der Waals surface area contributed by atoms with Crippen LogP contribution in [0.4, 0.5) is 11.4 Å². The van der Waals surface area contributed by atoms with E-state index in [4.69, 9.17) is 14.2 Å². The second-order valence-corrected chi connectivity index (χ2v) is 8.32. The molecule has 2 aromatic heterocycles. The van der Waals surface area contributed by atoms with E-state index in [1.165, 1.54) is 14.2 Å². The summed E-state index contributed by atoms with van der Waals surface area (Å²) in [5.41, 5.74) is 3.05. The lowest BCUT2D eigenvalue weighted by molar-refractivity contribution is -0.119. The molecule has 0 aliphatic rings. The summed E-state index contributed by atoms with van der Waals surface area (Å²) < 4.78 is 17.1. The molecule has 182 valence electrons. The average Bonchev–Trinajstić information content (AvgIpc) is 3.13. The number of aryl methyl sites for hydroxylation is 2. The molecule has 0 unspecified atom stereocenters. The molecule has 0 radical (unpaired) electrons. The van der Waals surface area contributed by atoms with Crippen molar-refractivity contribution in [3.8, 4) is 5.75 Å². The molecule has 9 heteroatoms. The van der Waals surface area contributed by atoms with Crippen LogP contribution in [0.2, 0.25) is 0 Å². The van der Waals surface area contributed by atoms with E-state index in [1.807, 2.05) is 30.3 Å². The van der Waals surface area contributed by atoms with Crippen molar-refractivity contribution < 1.29 is 23.8 Å². The van der Waals surface area contributed by atoms with Gasteiger partial charge in [0.05, 0.1) is 31.8 Å². The Labute approximate surface area is 199 Å². The summed E-state index contributed by atoms with van der Waals surface area (Å²) in [4.78, 5) is 29.9. The molecule has 0 bridgehead atoms. The molecule has 0 spiro atoms. The Kier molecular flexibility index (Phi) is 8.48. The number of fused-ring (bicyclic) bond motifs is 1. The van der Waals surface area contributed by atoms with Crippen LogP contribution in [-0.2, 0) is 27.2 Å². The zero-order valence-electron chi connectivity index (χ0n) is 20.3. The lowest BCUT2D eigenvalue weighted by atomic mass is 10.1. The van der Waals surface area contributed by atoms with Crippen LogP contribution in [0, 0.1) is 5.92 Å². The molecule has 2 N–H and O–H groups in total. The largest absolute Gasteiger partial charge is 0.497 e. The molecule has 3 rings (SSSR count). The fourth-order valence-corrected chi connectivity index (χ4v) is 3.64. The Balaban J connectivity index is 2.07. The van der Waals surface area contributed by atoms with Gasteiger partial charge in [-0.05, 0) is 36.1 Å². The highest BCUT2D eigenvalue weighted by Crippen LogP contribution is 2.33. The van der Waals surface area contributed by atoms with E-state index in [0.29, 0.717) is 35.6 Å². The Bertz CT molecular complexity index is 1140. The van der Waals surface area contributed by atoms with Crippen LogP contribution in [0.25, 0.3) is 11.0 Å². The Morgan fingerprint density at radius 2 is 1.85 bits per heavy atom. The van der Waals surface area contributed by atoms with E-state index in [9.17, 15) is 9.59 Å². The van der Waals surface area contributed by atoms with Gasteiger partial charge in [-0.1, -0.05) is 26.0 Å². The lowest BCUT2D eigenvalue weighted by Crippen LogP contribution is -2.20. The van der Waals surface area contributed by atoms with Gasteiger partial charge in [-0.15, -0.1) is 0 Å². The minimum absolute atomic E-state index is 0.141. The highest BCUT2D eigenvalue weighted by molar-refractivity contribution is 6.11. The maximum absolute atomic E-state index is 12.9. The van der Waals surface area contributed by atoms with E-state index in [0.717, 1.165) is 23.5 Å². The van der Waals surface area contributed by atoms with E-state index < -0.39 is 5.97 Å². The van der Waals surface area contributed by atoms with Gasteiger partial charge in [0, 0.05) is 25.6 Å². The second kappa shape index (κ2) is 11.5. The predicted octanol–water partition coefficient (Wildman–Crippen LogP) is 3.73. The molecular formula is C25H32N4O5. The number of esters is 1. The lowest BCUT2D eigenvalue weighted by Gasteiger charge is -2.11. The summed E-state index contributed by atoms with van der Waals surface area (Å²) in [7, 11) is 4.38. The molecule has 9 nitrogen and oxygen atoms in total. The predicted molar refractivity (Wildman–Crippen MR) is 132 cm³/mol. The zero-order valence-corrected chi connectivity index (χ0v) is 20.3. The number of rotatable bonds is 11. The van der Waals surface area contributed by atoms with Gasteiger partial charge in [0.25, 0.3) is 0 Å². The SMILES string of the molecule is COCC(=O)Nc1c(C(=O)OC)n(CCc2ccc(OC)cc2)c2ncc(NCC(C)C)cc12. The maximum Gasteiger partial charge on any atom is 0.356 e. The fraction of sp³-hybridized carbons (Fsp3) is 0.400. The summed E-state index contributed by atoms with van der Waals surface area (Å²) in [5.74, 6) is 0.285. The molecule has 0 saturated carbocycles. The van der Waals surface area contributed by atoms with Gasteiger partial charge in [0.2, 0.25) is 5.91 Å². The van der Waals surface area contributed by atoms with E-state index in [1.54, 1.807) is 17.9 Å². The number of nitrogens with zero attached hydrogens (tertiary/aromatic N) is 2. The van der Waals surface area contributed by atoms with Crippen LogP contribution in [0.3, 0.4) is 0 Å². The number of pyridine rings is 1. The number of amides is 1. The number of carbonyl (C=O) groups is 2. The van der Waals surface area contributed by atoms with Crippen LogP contribution in [0.15, 0.2) is 36.5 Å². The molecule has 0 aliphatic carbocycles. The van der Waals surface area contributed by atoms with Crippen LogP contribution in [0.5, 0.6) is 5.75 Å². The van der Waals surface area contributed by atoms with Gasteiger partial charge < -0.3 is 29.4 Å². The summed E-state index contributed by atoms with van der Waals surface area (Å²) in [6.07, 6.45) is 2.37. The van der Waals surface area contributed by atoms with Crippen LogP contribution < -0.4 is 15.4 Å². The molecule has 0 atom stereocenters. The van der Waals surface area contributed by atoms with Crippen molar-refractivity contribution in [1.82, 2.24) is 9.55 Å². The second-order valence-electron chi connectivity index (χ2n) is 8.32. The molecule has 2 heterocycles. The normalized spacial score (nSPS) is 11.0. The first-order chi connectivity index (χ1) is 16.4. The Hall–Kier alpha value is -3.59. The molecule has 0 saturated heterocycles. The number of anilines is 2. The van der Waals surface area contributed by atoms with Gasteiger partial charge in [0.1, 0.15) is 18.0 Å². The Morgan fingerprint density at radius 1 is 1.12 bits per heavy atom. The molecule has 1 aromatic carbocycles. The number of hydrogen-bond donors (Lipinski definition) is 2. The van der Waals surface area contributed by atoms with E-state index >= 15 is 0 Å². The standard InChI is InChI=1S/C25H32N4O5/c1-16(2)13-26-18-12-20-22(28-21(30)15-32-3)23(25(31)34-5)29(24(20)27-14-18)11-10-17-6-8-19(33-4)9-7-17/h6-9,12,14,16,26H,10-11,13,15H2,1-5H3,(H,28,30). The molecule has 1 amide bonds. The highest BCUT2D eigenvalue weighted by Gasteiger charge is 2.26. The van der Waals surface area contributed by atoms with Gasteiger partial charge in [0.15, 0.2) is 5.69 Å². The quantitative estimate of drug-likeness (QED) is 0.413. The third-order valence-electron chi connectivity index (χ3n) is 5.31. The van der Waals surface area contributed by atoms with Crippen molar-refractivity contribution in [2.45, 2.75) is 26.8 Å². The Morgan fingerprint density at radius 3 is 2.47 bits per heavy atom. The number of aromatic nitrogens is 2. The zero-order chi connectivity index (χ0) is 24.7. The first-order valence-electron chi connectivity index (χ1n) is 11.1. The fourth-order valence-electron chi connectivity index (χ4n) is 3.64.